The molecule has 0 unspecified atom stereocenters. The summed E-state index contributed by atoms with van der Waals surface area (Å²) in [6.07, 6.45) is 15.2. The van der Waals surface area contributed by atoms with Crippen molar-refractivity contribution in [2.24, 2.45) is 23.7 Å². The lowest BCUT2D eigenvalue weighted by Gasteiger charge is -2.60. The predicted octanol–water partition coefficient (Wildman–Crippen LogP) is 4.30. The highest BCUT2D eigenvalue weighted by Gasteiger charge is 2.57. The van der Waals surface area contributed by atoms with E-state index in [1.54, 1.807) is 0 Å². The Labute approximate surface area is 202 Å². The van der Waals surface area contributed by atoms with E-state index in [4.69, 9.17) is 0 Å². The second kappa shape index (κ2) is 9.10. The number of aryl methyl sites for hydroxylation is 3. The van der Waals surface area contributed by atoms with Gasteiger partial charge in [-0.05, 0) is 105 Å². The maximum absolute atomic E-state index is 12.8. The van der Waals surface area contributed by atoms with E-state index in [0.717, 1.165) is 48.9 Å². The van der Waals surface area contributed by atoms with E-state index < -0.39 is 0 Å². The van der Waals surface area contributed by atoms with E-state index in [-0.39, 0.29) is 18.1 Å². The molecular weight excluding hydrogens is 424 g/mol. The van der Waals surface area contributed by atoms with Crippen LogP contribution in [-0.2, 0) is 24.2 Å². The summed E-state index contributed by atoms with van der Waals surface area (Å²) in [7, 11) is 0. The highest BCUT2D eigenvalue weighted by Crippen LogP contribution is 2.58. The molecule has 0 saturated heterocycles. The van der Waals surface area contributed by atoms with Crippen LogP contribution in [-0.4, -0.2) is 38.2 Å². The Morgan fingerprint density at radius 3 is 2.56 bits per heavy atom. The number of carbonyl (C=O) groups is 1. The Hall–Kier alpha value is -2.21. The number of aliphatic hydroxyl groups excluding tert-OH is 1. The molecule has 0 aliphatic heterocycles. The largest absolute Gasteiger partial charge is 0.394 e. The van der Waals surface area contributed by atoms with E-state index in [2.05, 4.69) is 33.8 Å². The van der Waals surface area contributed by atoms with Crippen molar-refractivity contribution < 1.29 is 9.90 Å². The van der Waals surface area contributed by atoms with Crippen molar-refractivity contribution in [2.75, 3.05) is 6.61 Å². The summed E-state index contributed by atoms with van der Waals surface area (Å²) in [5.41, 5.74) is 4.69. The van der Waals surface area contributed by atoms with Crippen LogP contribution < -0.4 is 5.32 Å². The van der Waals surface area contributed by atoms with Crippen LogP contribution >= 0.6 is 0 Å². The Kier molecular flexibility index (Phi) is 5.96. The van der Waals surface area contributed by atoms with Crippen LogP contribution in [0, 0.1) is 23.7 Å². The maximum atomic E-state index is 12.8. The van der Waals surface area contributed by atoms with Crippen LogP contribution in [0.25, 0.3) is 11.3 Å². The molecule has 1 heterocycles. The molecule has 0 spiro atoms. The molecule has 4 bridgehead atoms. The van der Waals surface area contributed by atoms with Crippen molar-refractivity contribution in [1.29, 1.82) is 0 Å². The van der Waals surface area contributed by atoms with Gasteiger partial charge in [0.25, 0.3) is 0 Å². The molecule has 0 radical (unpaired) electrons. The SMILES string of the molecule is O=C(CCCCCn1cc(-c2ccc3c(c2)CCC3)nn1)NC1(CO)C2CC3CC(C2)CC1C3. The molecule has 2 N–H and O–H groups in total. The van der Waals surface area contributed by atoms with Crippen LogP contribution in [0.2, 0.25) is 0 Å². The van der Waals surface area contributed by atoms with Crippen LogP contribution in [0.15, 0.2) is 24.4 Å². The second-order valence-electron chi connectivity index (χ2n) is 11.6. The number of fused-ring (bicyclic) bond motifs is 1. The zero-order valence-electron chi connectivity index (χ0n) is 20.2. The molecule has 7 rings (SSSR count). The van der Waals surface area contributed by atoms with Gasteiger partial charge in [0, 0.05) is 18.5 Å². The zero-order chi connectivity index (χ0) is 23.1. The van der Waals surface area contributed by atoms with Gasteiger partial charge in [0.1, 0.15) is 5.69 Å². The number of nitrogens with one attached hydrogen (secondary N) is 1. The molecule has 34 heavy (non-hydrogen) atoms. The minimum atomic E-state index is -0.348. The topological polar surface area (TPSA) is 80.0 Å². The summed E-state index contributed by atoms with van der Waals surface area (Å²) >= 11 is 0. The number of carbonyl (C=O) groups excluding carboxylic acids is 1. The third-order valence-electron chi connectivity index (χ3n) is 9.45. The van der Waals surface area contributed by atoms with Gasteiger partial charge in [-0.2, -0.15) is 0 Å². The Balaban J connectivity index is 0.958. The van der Waals surface area contributed by atoms with Gasteiger partial charge in [-0.15, -0.1) is 5.10 Å². The molecular formula is C28H38N4O2. The fourth-order valence-electron chi connectivity index (χ4n) is 7.86. The second-order valence-corrected chi connectivity index (χ2v) is 11.6. The molecule has 0 atom stereocenters. The quantitative estimate of drug-likeness (QED) is 0.545. The van der Waals surface area contributed by atoms with Crippen LogP contribution in [0.4, 0.5) is 0 Å². The van der Waals surface area contributed by atoms with Gasteiger partial charge in [0.15, 0.2) is 0 Å². The lowest BCUT2D eigenvalue weighted by atomic mass is 9.48. The first-order valence-corrected chi connectivity index (χ1v) is 13.6. The fraction of sp³-hybridized carbons (Fsp3) is 0.679. The predicted molar refractivity (Wildman–Crippen MR) is 131 cm³/mol. The summed E-state index contributed by atoms with van der Waals surface area (Å²) in [4.78, 5) is 12.8. The van der Waals surface area contributed by atoms with E-state index in [0.29, 0.717) is 18.3 Å². The number of aliphatic hydroxyl groups is 1. The van der Waals surface area contributed by atoms with Gasteiger partial charge in [0.2, 0.25) is 5.91 Å². The van der Waals surface area contributed by atoms with Crippen molar-refractivity contribution >= 4 is 5.91 Å². The lowest BCUT2D eigenvalue weighted by molar-refractivity contribution is -0.136. The number of aromatic nitrogens is 3. The minimum absolute atomic E-state index is 0.104. The van der Waals surface area contributed by atoms with Gasteiger partial charge in [-0.1, -0.05) is 23.8 Å². The average molecular weight is 463 g/mol. The molecule has 182 valence electrons. The summed E-state index contributed by atoms with van der Waals surface area (Å²) in [6, 6.07) is 6.68. The van der Waals surface area contributed by atoms with Crippen molar-refractivity contribution in [3.8, 4) is 11.3 Å². The van der Waals surface area contributed by atoms with Crippen molar-refractivity contribution in [3.05, 3.63) is 35.5 Å². The molecule has 6 nitrogen and oxygen atoms in total. The average Bonchev–Trinajstić information content (AvgIpc) is 3.50. The van der Waals surface area contributed by atoms with Crippen LogP contribution in [0.1, 0.15) is 75.3 Å². The van der Waals surface area contributed by atoms with Crippen molar-refractivity contribution in [1.82, 2.24) is 20.3 Å². The van der Waals surface area contributed by atoms with Crippen molar-refractivity contribution in [2.45, 2.75) is 89.1 Å². The van der Waals surface area contributed by atoms with E-state index in [1.165, 1.54) is 62.5 Å². The normalized spacial score (nSPS) is 31.1. The number of amides is 1. The monoisotopic (exact) mass is 462 g/mol. The van der Waals surface area contributed by atoms with Gasteiger partial charge in [-0.3, -0.25) is 9.48 Å². The molecule has 5 aliphatic rings. The first kappa shape index (κ1) is 22.3. The third kappa shape index (κ3) is 4.08. The first-order valence-electron chi connectivity index (χ1n) is 13.6. The highest BCUT2D eigenvalue weighted by molar-refractivity contribution is 5.77. The molecule has 1 aromatic heterocycles. The molecule has 2 aromatic rings. The smallest absolute Gasteiger partial charge is 0.220 e. The standard InChI is InChI=1S/C28H38N4O2/c33-18-28(24-12-19-11-20(14-24)15-25(28)13-19)29-27(34)7-2-1-3-10-32-17-26(30-31-32)23-9-8-21-5-4-6-22(21)16-23/h8-9,16-17,19-20,24-25,33H,1-7,10-15,18H2,(H,29,34). The fourth-order valence-corrected chi connectivity index (χ4v) is 7.86. The number of hydrogen-bond acceptors (Lipinski definition) is 4. The maximum Gasteiger partial charge on any atom is 0.220 e. The van der Waals surface area contributed by atoms with E-state index >= 15 is 0 Å². The minimum Gasteiger partial charge on any atom is -0.394 e. The highest BCUT2D eigenvalue weighted by atomic mass is 16.3. The number of benzene rings is 1. The summed E-state index contributed by atoms with van der Waals surface area (Å²) in [5, 5.41) is 22.4. The van der Waals surface area contributed by atoms with Crippen LogP contribution in [0.3, 0.4) is 0 Å². The van der Waals surface area contributed by atoms with Crippen LogP contribution in [0.5, 0.6) is 0 Å². The molecule has 6 heteroatoms. The molecule has 5 aliphatic carbocycles. The summed E-state index contributed by atoms with van der Waals surface area (Å²) in [6.45, 7) is 0.930. The lowest BCUT2D eigenvalue weighted by Crippen LogP contribution is -2.68. The van der Waals surface area contributed by atoms with Crippen molar-refractivity contribution in [3.63, 3.8) is 0 Å². The third-order valence-corrected chi connectivity index (χ3v) is 9.45. The van der Waals surface area contributed by atoms with E-state index in [9.17, 15) is 9.90 Å². The number of nitrogens with zero attached hydrogens (tertiary/aromatic N) is 3. The molecule has 1 amide bonds. The molecule has 4 fully saturated rings. The first-order chi connectivity index (χ1) is 16.6. The zero-order valence-corrected chi connectivity index (χ0v) is 20.2. The summed E-state index contributed by atoms with van der Waals surface area (Å²) < 4.78 is 1.93. The number of unbranched alkanes of at least 4 members (excludes halogenated alkanes) is 2. The van der Waals surface area contributed by atoms with Gasteiger partial charge in [-0.25, -0.2) is 0 Å². The van der Waals surface area contributed by atoms with Gasteiger partial charge >= 0.3 is 0 Å². The summed E-state index contributed by atoms with van der Waals surface area (Å²) in [5.74, 6) is 2.74. The number of hydrogen-bond donors (Lipinski definition) is 2. The Morgan fingerprint density at radius 2 is 1.79 bits per heavy atom. The van der Waals surface area contributed by atoms with Gasteiger partial charge < -0.3 is 10.4 Å². The van der Waals surface area contributed by atoms with Gasteiger partial charge in [0.05, 0.1) is 18.3 Å². The molecule has 1 aromatic carbocycles. The Bertz CT molecular complexity index is 1020. The number of rotatable bonds is 9. The van der Waals surface area contributed by atoms with E-state index in [1.807, 2.05) is 10.9 Å². The Morgan fingerprint density at radius 1 is 1.03 bits per heavy atom. The molecule has 4 saturated carbocycles.